The number of halogens is 1. The Balaban J connectivity index is 1.28. The molecule has 0 fully saturated rings. The predicted molar refractivity (Wildman–Crippen MR) is 138 cm³/mol. The number of benzene rings is 2. The van der Waals surface area contributed by atoms with Crippen LogP contribution < -0.4 is 5.32 Å². The van der Waals surface area contributed by atoms with Crippen molar-refractivity contribution in [3.05, 3.63) is 58.6 Å². The molecule has 11 heteroatoms. The first-order valence-electron chi connectivity index (χ1n) is 10.2. The average Bonchev–Trinajstić information content (AvgIpc) is 3.21. The second kappa shape index (κ2) is 9.62. The smallest absolute Gasteiger partial charge is 0.239 e. The normalized spacial score (nSPS) is 14.7. The molecule has 0 spiro atoms. The van der Waals surface area contributed by atoms with Crippen molar-refractivity contribution in [3.63, 3.8) is 0 Å². The number of nitrogens with one attached hydrogen (secondary N) is 2. The third-order valence-electron chi connectivity index (χ3n) is 5.03. The summed E-state index contributed by atoms with van der Waals surface area (Å²) in [5.41, 5.74) is 4.22. The maximum Gasteiger partial charge on any atom is 0.239 e. The van der Waals surface area contributed by atoms with Crippen molar-refractivity contribution in [2.75, 3.05) is 5.75 Å². The van der Waals surface area contributed by atoms with Crippen molar-refractivity contribution < 1.29 is 4.79 Å². The summed E-state index contributed by atoms with van der Waals surface area (Å²) in [6.07, 6.45) is 0.607. The summed E-state index contributed by atoms with van der Waals surface area (Å²) in [5.74, 6) is 0.478. The molecule has 4 aromatic rings. The van der Waals surface area contributed by atoms with E-state index < -0.39 is 0 Å². The van der Waals surface area contributed by atoms with E-state index in [4.69, 9.17) is 0 Å². The van der Waals surface area contributed by atoms with Crippen molar-refractivity contribution in [1.29, 1.82) is 0 Å². The molecule has 5 rings (SSSR count). The quantitative estimate of drug-likeness (QED) is 0.354. The minimum absolute atomic E-state index is 0.156. The van der Waals surface area contributed by atoms with Gasteiger partial charge in [-0.05, 0) is 30.2 Å². The zero-order valence-electron chi connectivity index (χ0n) is 17.4. The van der Waals surface area contributed by atoms with Crippen LogP contribution in [-0.2, 0) is 4.79 Å². The van der Waals surface area contributed by atoms with Crippen molar-refractivity contribution in [1.82, 2.24) is 25.5 Å². The number of amidine groups is 1. The van der Waals surface area contributed by atoms with E-state index in [1.54, 1.807) is 0 Å². The lowest BCUT2D eigenvalue weighted by Gasteiger charge is -2.16. The number of hydrogen-bond donors (Lipinski definition) is 2. The highest BCUT2D eigenvalue weighted by Crippen LogP contribution is 2.26. The molecule has 0 saturated carbocycles. The average molecular weight is 540 g/mol. The first-order valence-corrected chi connectivity index (χ1v) is 12.9. The molecule has 1 amide bonds. The lowest BCUT2D eigenvalue weighted by atomic mass is 10.1. The van der Waals surface area contributed by atoms with Crippen LogP contribution in [0.15, 0.2) is 68.4 Å². The van der Waals surface area contributed by atoms with E-state index in [-0.39, 0.29) is 11.2 Å². The van der Waals surface area contributed by atoms with Crippen molar-refractivity contribution in [2.24, 2.45) is 10.2 Å². The van der Waals surface area contributed by atoms with Crippen LogP contribution in [0.3, 0.4) is 0 Å². The van der Waals surface area contributed by atoms with Gasteiger partial charge in [-0.15, -0.1) is 15.3 Å². The topological polar surface area (TPSA) is 108 Å². The highest BCUT2D eigenvalue weighted by Gasteiger charge is 2.23. The molecular formula is C22H18BrN7OS2. The SMILES string of the molecule is CC[C@@H](Sc1nnc2c(n1)[nH]c1ccccc12)C(=O)NC1=NN=C(c2ccc(Br)cc2)CS1. The molecule has 0 saturated heterocycles. The summed E-state index contributed by atoms with van der Waals surface area (Å²) in [6, 6.07) is 15.8. The van der Waals surface area contributed by atoms with Crippen LogP contribution >= 0.6 is 39.5 Å². The summed E-state index contributed by atoms with van der Waals surface area (Å²) >= 11 is 6.18. The Morgan fingerprint density at radius 2 is 2.00 bits per heavy atom. The molecule has 2 aromatic carbocycles. The molecule has 2 N–H and O–H groups in total. The second-order valence-electron chi connectivity index (χ2n) is 7.21. The number of carbonyl (C=O) groups excluding carboxylic acids is 1. The molecule has 1 atom stereocenters. The summed E-state index contributed by atoms with van der Waals surface area (Å²) in [7, 11) is 0. The van der Waals surface area contributed by atoms with Gasteiger partial charge in [-0.2, -0.15) is 5.10 Å². The standard InChI is InChI=1S/C22H18BrN7OS2/c1-2-17(33-22-25-19-18(28-30-22)14-5-3-4-6-15(14)24-19)20(31)26-21-29-27-16(11-32-21)12-7-9-13(23)10-8-12/h3-10,17H,2,11H2,1H3,(H,24,25,30)(H,26,29,31)/t17-/m1/s1. The van der Waals surface area contributed by atoms with Crippen LogP contribution in [0.4, 0.5) is 0 Å². The molecular weight excluding hydrogens is 522 g/mol. The van der Waals surface area contributed by atoms with Crippen LogP contribution in [-0.4, -0.2) is 48.0 Å². The van der Waals surface area contributed by atoms with Gasteiger partial charge in [0.05, 0.1) is 11.0 Å². The molecule has 0 bridgehead atoms. The lowest BCUT2D eigenvalue weighted by Crippen LogP contribution is -2.37. The van der Waals surface area contributed by atoms with Crippen molar-refractivity contribution in [2.45, 2.75) is 23.8 Å². The van der Waals surface area contributed by atoms with E-state index in [9.17, 15) is 4.79 Å². The number of nitrogens with zero attached hydrogens (tertiary/aromatic N) is 5. The predicted octanol–water partition coefficient (Wildman–Crippen LogP) is 4.76. The van der Waals surface area contributed by atoms with Gasteiger partial charge in [0.25, 0.3) is 0 Å². The maximum absolute atomic E-state index is 12.9. The fourth-order valence-corrected chi connectivity index (χ4v) is 5.19. The Hall–Kier alpha value is -2.76. The van der Waals surface area contributed by atoms with Gasteiger partial charge < -0.3 is 10.3 Å². The molecule has 33 heavy (non-hydrogen) atoms. The van der Waals surface area contributed by atoms with Crippen molar-refractivity contribution >= 4 is 78.3 Å². The van der Waals surface area contributed by atoms with Gasteiger partial charge in [0, 0.05) is 21.1 Å². The van der Waals surface area contributed by atoms with E-state index in [2.05, 4.69) is 51.6 Å². The number of rotatable bonds is 5. The molecule has 1 aliphatic rings. The largest absolute Gasteiger partial charge is 0.338 e. The number of aromatic amines is 1. The number of fused-ring (bicyclic) bond motifs is 3. The van der Waals surface area contributed by atoms with Gasteiger partial charge in [-0.1, -0.05) is 76.7 Å². The molecule has 3 heterocycles. The Labute approximate surface area is 206 Å². The zero-order valence-corrected chi connectivity index (χ0v) is 20.7. The molecule has 0 radical (unpaired) electrons. The molecule has 0 aliphatic carbocycles. The molecule has 166 valence electrons. The number of thioether (sulfide) groups is 2. The first kappa shape index (κ1) is 22.1. The number of H-pyrrole nitrogens is 1. The number of hydrogen-bond acceptors (Lipinski definition) is 8. The van der Waals surface area contributed by atoms with Crippen LogP contribution in [0.5, 0.6) is 0 Å². The second-order valence-corrected chi connectivity index (χ2v) is 10.3. The molecule has 8 nitrogen and oxygen atoms in total. The monoisotopic (exact) mass is 539 g/mol. The van der Waals surface area contributed by atoms with Crippen LogP contribution in [0.1, 0.15) is 18.9 Å². The van der Waals surface area contributed by atoms with E-state index in [1.165, 1.54) is 23.5 Å². The van der Waals surface area contributed by atoms with Gasteiger partial charge in [-0.3, -0.25) is 4.79 Å². The summed E-state index contributed by atoms with van der Waals surface area (Å²) in [6.45, 7) is 1.95. The minimum atomic E-state index is -0.381. The van der Waals surface area contributed by atoms with Crippen molar-refractivity contribution in [3.8, 4) is 0 Å². The van der Waals surface area contributed by atoms with E-state index in [1.807, 2.05) is 55.5 Å². The third-order valence-corrected chi connectivity index (χ3v) is 7.65. The Morgan fingerprint density at radius 1 is 1.18 bits per heavy atom. The van der Waals surface area contributed by atoms with Gasteiger partial charge in [0.2, 0.25) is 11.1 Å². The summed E-state index contributed by atoms with van der Waals surface area (Å²) in [4.78, 5) is 20.7. The van der Waals surface area contributed by atoms with Crippen LogP contribution in [0.2, 0.25) is 0 Å². The van der Waals surface area contributed by atoms with Gasteiger partial charge in [0.15, 0.2) is 10.8 Å². The Morgan fingerprint density at radius 3 is 2.76 bits per heavy atom. The zero-order chi connectivity index (χ0) is 22.8. The van der Waals surface area contributed by atoms with E-state index in [0.717, 1.165) is 32.2 Å². The highest BCUT2D eigenvalue weighted by atomic mass is 79.9. The van der Waals surface area contributed by atoms with Gasteiger partial charge >= 0.3 is 0 Å². The first-order chi connectivity index (χ1) is 16.1. The van der Waals surface area contributed by atoms with E-state index >= 15 is 0 Å². The number of amides is 1. The van der Waals surface area contributed by atoms with E-state index in [0.29, 0.717) is 28.1 Å². The highest BCUT2D eigenvalue weighted by molar-refractivity contribution is 9.10. The Kier molecular flexibility index (Phi) is 6.43. The number of para-hydroxylation sites is 1. The summed E-state index contributed by atoms with van der Waals surface area (Å²) in [5, 5.41) is 21.5. The summed E-state index contributed by atoms with van der Waals surface area (Å²) < 4.78 is 1.01. The maximum atomic E-state index is 12.9. The third kappa shape index (κ3) is 4.80. The van der Waals surface area contributed by atoms with Crippen LogP contribution in [0.25, 0.3) is 22.1 Å². The molecule has 1 aliphatic heterocycles. The molecule has 0 unspecified atom stereocenters. The fraction of sp³-hybridized carbons (Fsp3) is 0.182. The number of carbonyl (C=O) groups is 1. The van der Waals surface area contributed by atoms with Crippen LogP contribution in [0, 0.1) is 0 Å². The Bertz CT molecular complexity index is 1400. The lowest BCUT2D eigenvalue weighted by molar-refractivity contribution is -0.119. The minimum Gasteiger partial charge on any atom is -0.338 e. The van der Waals surface area contributed by atoms with Gasteiger partial charge in [0.1, 0.15) is 5.52 Å². The fourth-order valence-electron chi connectivity index (χ4n) is 3.34. The molecule has 2 aromatic heterocycles. The number of aromatic nitrogens is 4. The van der Waals surface area contributed by atoms with Gasteiger partial charge in [-0.25, -0.2) is 4.98 Å².